The van der Waals surface area contributed by atoms with Crippen LogP contribution in [0.15, 0.2) is 73.2 Å². The van der Waals surface area contributed by atoms with Gasteiger partial charge in [-0.15, -0.1) is 0 Å². The molecule has 1 aliphatic rings. The number of fused-ring (bicyclic) bond motifs is 4. The van der Waals surface area contributed by atoms with E-state index < -0.39 is 0 Å². The minimum atomic E-state index is -0.323. The Bertz CT molecular complexity index is 1470. The molecule has 0 radical (unpaired) electrons. The Morgan fingerprint density at radius 3 is 2.66 bits per heavy atom. The van der Waals surface area contributed by atoms with Crippen LogP contribution < -0.4 is 11.1 Å². The van der Waals surface area contributed by atoms with Crippen LogP contribution in [-0.2, 0) is 0 Å². The molecule has 3 aromatic heterocycles. The zero-order valence-electron chi connectivity index (χ0n) is 16.8. The lowest BCUT2D eigenvalue weighted by Gasteiger charge is -2.16. The number of nitrogens with zero attached hydrogens (tertiary/aromatic N) is 4. The molecule has 0 saturated carbocycles. The Hall–Kier alpha value is -4.59. The molecule has 1 atom stereocenters. The van der Waals surface area contributed by atoms with Gasteiger partial charge in [-0.3, -0.25) is 9.78 Å². The number of benzene rings is 2. The third kappa shape index (κ3) is 2.81. The number of nitrogens with one attached hydrogen (secondary N) is 2. The maximum Gasteiger partial charge on any atom is 0.270 e. The van der Waals surface area contributed by atoms with Gasteiger partial charge in [0.2, 0.25) is 5.95 Å². The van der Waals surface area contributed by atoms with E-state index in [0.29, 0.717) is 0 Å². The first-order valence-corrected chi connectivity index (χ1v) is 10.1. The Morgan fingerprint density at radius 1 is 0.938 bits per heavy atom. The van der Waals surface area contributed by atoms with E-state index in [-0.39, 0.29) is 23.6 Å². The number of carbonyl (C=O) groups is 1. The van der Waals surface area contributed by atoms with Crippen molar-refractivity contribution < 1.29 is 4.79 Å². The van der Waals surface area contributed by atoms with Gasteiger partial charge >= 0.3 is 0 Å². The number of aromatic nitrogens is 5. The Morgan fingerprint density at radius 2 is 1.78 bits per heavy atom. The van der Waals surface area contributed by atoms with Crippen molar-refractivity contribution in [2.24, 2.45) is 0 Å². The summed E-state index contributed by atoms with van der Waals surface area (Å²) in [5, 5.41) is 3.11. The van der Waals surface area contributed by atoms with Crippen molar-refractivity contribution in [3.63, 3.8) is 0 Å². The monoisotopic (exact) mass is 419 g/mol. The molecule has 6 rings (SSSR count). The van der Waals surface area contributed by atoms with Gasteiger partial charge in [0, 0.05) is 18.0 Å². The molecule has 1 aliphatic carbocycles. The minimum Gasteiger partial charge on any atom is -0.368 e. The van der Waals surface area contributed by atoms with Crippen LogP contribution in [0.3, 0.4) is 0 Å². The first kappa shape index (κ1) is 18.2. The summed E-state index contributed by atoms with van der Waals surface area (Å²) in [5.74, 6) is 0.508. The topological polar surface area (TPSA) is 122 Å². The van der Waals surface area contributed by atoms with Crippen molar-refractivity contribution in [1.82, 2.24) is 30.2 Å². The second-order valence-electron chi connectivity index (χ2n) is 7.54. The number of carbonyl (C=O) groups excluding carboxylic acids is 1. The van der Waals surface area contributed by atoms with Crippen LogP contribution in [-0.4, -0.2) is 30.8 Å². The standard InChI is InChI=1S/C24H17N7O/c25-24-27-11-9-18(30-24)23(32)31-21-14-5-2-1-4-13(14)20-15(21)6-3-7-16(20)22-28-17-8-10-26-12-19(17)29-22/h1-12,21H,(H,28,29)(H,31,32)(H2,25,27,30). The summed E-state index contributed by atoms with van der Waals surface area (Å²) in [5.41, 5.74) is 12.7. The maximum absolute atomic E-state index is 13.0. The van der Waals surface area contributed by atoms with Crippen LogP contribution in [0.5, 0.6) is 0 Å². The molecule has 0 saturated heterocycles. The van der Waals surface area contributed by atoms with E-state index in [9.17, 15) is 4.79 Å². The summed E-state index contributed by atoms with van der Waals surface area (Å²) in [7, 11) is 0. The Balaban J connectivity index is 1.48. The fraction of sp³-hybridized carbons (Fsp3) is 0.0417. The number of pyridine rings is 1. The van der Waals surface area contributed by atoms with E-state index in [0.717, 1.165) is 44.7 Å². The van der Waals surface area contributed by atoms with Crippen molar-refractivity contribution >= 4 is 22.9 Å². The van der Waals surface area contributed by atoms with Gasteiger partial charge in [0.05, 0.1) is 23.3 Å². The van der Waals surface area contributed by atoms with Gasteiger partial charge in [0.15, 0.2) is 0 Å². The molecule has 5 aromatic rings. The highest BCUT2D eigenvalue weighted by Crippen LogP contribution is 2.47. The van der Waals surface area contributed by atoms with E-state index in [2.05, 4.69) is 31.3 Å². The molecule has 0 spiro atoms. The maximum atomic E-state index is 13.0. The number of anilines is 1. The number of hydrogen-bond acceptors (Lipinski definition) is 6. The molecule has 2 aromatic carbocycles. The van der Waals surface area contributed by atoms with Crippen LogP contribution in [0.25, 0.3) is 33.5 Å². The molecular weight excluding hydrogens is 402 g/mol. The van der Waals surface area contributed by atoms with E-state index in [1.807, 2.05) is 42.5 Å². The highest BCUT2D eigenvalue weighted by atomic mass is 16.1. The molecule has 0 bridgehead atoms. The quantitative estimate of drug-likeness (QED) is 0.411. The largest absolute Gasteiger partial charge is 0.368 e. The van der Waals surface area contributed by atoms with Gasteiger partial charge in [-0.1, -0.05) is 42.5 Å². The summed E-state index contributed by atoms with van der Waals surface area (Å²) in [6, 6.07) is 17.2. The molecule has 8 heteroatoms. The SMILES string of the molecule is Nc1nccc(C(=O)NC2c3ccccc3-c3c(-c4nc5ccncc5[nH]4)cccc32)n1. The number of nitrogen functional groups attached to an aromatic ring is 1. The van der Waals surface area contributed by atoms with Crippen LogP contribution in [0.4, 0.5) is 5.95 Å². The molecule has 4 N–H and O–H groups in total. The molecular formula is C24H17N7O. The van der Waals surface area contributed by atoms with Gasteiger partial charge in [-0.05, 0) is 34.4 Å². The predicted molar refractivity (Wildman–Crippen MR) is 121 cm³/mol. The average Bonchev–Trinajstić information content (AvgIpc) is 3.39. The summed E-state index contributed by atoms with van der Waals surface area (Å²) < 4.78 is 0. The van der Waals surface area contributed by atoms with Crippen molar-refractivity contribution in [1.29, 1.82) is 0 Å². The van der Waals surface area contributed by atoms with Crippen molar-refractivity contribution in [3.05, 3.63) is 90.0 Å². The molecule has 32 heavy (non-hydrogen) atoms. The fourth-order valence-corrected chi connectivity index (χ4v) is 4.30. The lowest BCUT2D eigenvalue weighted by Crippen LogP contribution is -2.29. The van der Waals surface area contributed by atoms with E-state index in [1.54, 1.807) is 18.5 Å². The van der Waals surface area contributed by atoms with Gasteiger partial charge in [0.25, 0.3) is 5.91 Å². The average molecular weight is 419 g/mol. The highest BCUT2D eigenvalue weighted by Gasteiger charge is 2.32. The minimum absolute atomic E-state index is 0.0616. The fourth-order valence-electron chi connectivity index (χ4n) is 4.30. The number of nitrogens with two attached hydrogens (primary N) is 1. The number of aromatic amines is 1. The lowest BCUT2D eigenvalue weighted by molar-refractivity contribution is 0.0938. The van der Waals surface area contributed by atoms with Gasteiger partial charge in [0.1, 0.15) is 11.5 Å². The van der Waals surface area contributed by atoms with Gasteiger partial charge in [-0.2, -0.15) is 0 Å². The van der Waals surface area contributed by atoms with Crippen molar-refractivity contribution in [2.75, 3.05) is 5.73 Å². The van der Waals surface area contributed by atoms with E-state index >= 15 is 0 Å². The molecule has 8 nitrogen and oxygen atoms in total. The summed E-state index contributed by atoms with van der Waals surface area (Å²) in [4.78, 5) is 33.2. The second kappa shape index (κ2) is 6.98. The van der Waals surface area contributed by atoms with Crippen molar-refractivity contribution in [2.45, 2.75) is 6.04 Å². The van der Waals surface area contributed by atoms with Gasteiger partial charge in [-0.25, -0.2) is 15.0 Å². The Kier molecular flexibility index (Phi) is 3.97. The molecule has 1 amide bonds. The zero-order chi connectivity index (χ0) is 21.7. The number of imidazole rings is 1. The summed E-state index contributed by atoms with van der Waals surface area (Å²) in [6.45, 7) is 0. The highest BCUT2D eigenvalue weighted by molar-refractivity contribution is 5.96. The Labute approximate surface area is 182 Å². The third-order valence-electron chi connectivity index (χ3n) is 5.67. The van der Waals surface area contributed by atoms with Crippen LogP contribution >= 0.6 is 0 Å². The summed E-state index contributed by atoms with van der Waals surface area (Å²) in [6.07, 6.45) is 4.96. The smallest absolute Gasteiger partial charge is 0.270 e. The summed E-state index contributed by atoms with van der Waals surface area (Å²) >= 11 is 0. The predicted octanol–water partition coefficient (Wildman–Crippen LogP) is 3.50. The van der Waals surface area contributed by atoms with Gasteiger partial charge < -0.3 is 16.0 Å². The van der Waals surface area contributed by atoms with Crippen LogP contribution in [0.1, 0.15) is 27.7 Å². The molecule has 3 heterocycles. The molecule has 1 unspecified atom stereocenters. The molecule has 154 valence electrons. The van der Waals surface area contributed by atoms with E-state index in [1.165, 1.54) is 6.20 Å². The van der Waals surface area contributed by atoms with E-state index in [4.69, 9.17) is 10.7 Å². The number of amides is 1. The normalized spacial score (nSPS) is 14.2. The number of H-pyrrole nitrogens is 1. The zero-order valence-corrected chi connectivity index (χ0v) is 16.8. The third-order valence-corrected chi connectivity index (χ3v) is 5.67. The lowest BCUT2D eigenvalue weighted by atomic mass is 9.99. The second-order valence-corrected chi connectivity index (χ2v) is 7.54. The first-order chi connectivity index (χ1) is 15.7. The van der Waals surface area contributed by atoms with Crippen LogP contribution in [0.2, 0.25) is 0 Å². The van der Waals surface area contributed by atoms with Crippen LogP contribution in [0, 0.1) is 0 Å². The van der Waals surface area contributed by atoms with Crippen molar-refractivity contribution in [3.8, 4) is 22.5 Å². The first-order valence-electron chi connectivity index (χ1n) is 10.1. The molecule has 0 fully saturated rings. The number of hydrogen-bond donors (Lipinski definition) is 3. The molecule has 0 aliphatic heterocycles. The number of rotatable bonds is 3.